The standard InChI is InChI=1S/C18H20ClN3O5S/c1-11-5-7-13(22(24)25)10-15(11)20-17(23)12-6-8-14(19)16(9-12)28(26,27)21-18(2,3)4/h5-10,21H,1-4H3,(H,20,23). The van der Waals surface area contributed by atoms with Crippen LogP contribution in [0.1, 0.15) is 36.7 Å². The number of non-ortho nitro benzene ring substituents is 1. The minimum atomic E-state index is -3.95. The number of nitro groups is 1. The first kappa shape index (κ1) is 21.8. The summed E-state index contributed by atoms with van der Waals surface area (Å²) in [4.78, 5) is 22.7. The van der Waals surface area contributed by atoms with E-state index >= 15 is 0 Å². The number of amides is 1. The lowest BCUT2D eigenvalue weighted by molar-refractivity contribution is -0.384. The molecule has 150 valence electrons. The summed E-state index contributed by atoms with van der Waals surface area (Å²) in [5, 5.41) is 13.5. The van der Waals surface area contributed by atoms with E-state index in [2.05, 4.69) is 10.0 Å². The lowest BCUT2D eigenvalue weighted by Gasteiger charge is -2.21. The number of nitrogens with one attached hydrogen (secondary N) is 2. The summed E-state index contributed by atoms with van der Waals surface area (Å²) in [6.07, 6.45) is 0. The fourth-order valence-electron chi connectivity index (χ4n) is 2.36. The van der Waals surface area contributed by atoms with Crippen LogP contribution in [-0.2, 0) is 10.0 Å². The number of carbonyl (C=O) groups excluding carboxylic acids is 1. The maximum absolute atomic E-state index is 12.6. The second-order valence-corrected chi connectivity index (χ2v) is 9.27. The third-order valence-corrected chi connectivity index (χ3v) is 5.84. The number of hydrogen-bond acceptors (Lipinski definition) is 5. The summed E-state index contributed by atoms with van der Waals surface area (Å²) in [5.41, 5.74) is 0.0151. The van der Waals surface area contributed by atoms with Crippen LogP contribution in [0.25, 0.3) is 0 Å². The molecule has 28 heavy (non-hydrogen) atoms. The predicted molar refractivity (Wildman–Crippen MR) is 107 cm³/mol. The second kappa shape index (κ2) is 7.86. The van der Waals surface area contributed by atoms with E-state index in [1.807, 2.05) is 0 Å². The molecule has 8 nitrogen and oxygen atoms in total. The fourth-order valence-corrected chi connectivity index (χ4v) is 4.31. The normalized spacial score (nSPS) is 11.9. The van der Waals surface area contributed by atoms with Crippen molar-refractivity contribution in [1.29, 1.82) is 0 Å². The molecule has 0 aliphatic rings. The lowest BCUT2D eigenvalue weighted by atomic mass is 10.1. The van der Waals surface area contributed by atoms with Gasteiger partial charge in [-0.2, -0.15) is 0 Å². The fraction of sp³-hybridized carbons (Fsp3) is 0.278. The van der Waals surface area contributed by atoms with Crippen LogP contribution in [0.5, 0.6) is 0 Å². The number of anilines is 1. The molecule has 0 saturated carbocycles. The summed E-state index contributed by atoms with van der Waals surface area (Å²) in [7, 11) is -3.95. The third kappa shape index (κ3) is 5.28. The molecule has 2 rings (SSSR count). The molecule has 0 aliphatic carbocycles. The topological polar surface area (TPSA) is 118 Å². The van der Waals surface area contributed by atoms with Gasteiger partial charge in [0.15, 0.2) is 0 Å². The van der Waals surface area contributed by atoms with Gasteiger partial charge in [-0.15, -0.1) is 0 Å². The van der Waals surface area contributed by atoms with Crippen molar-refractivity contribution in [3.05, 3.63) is 62.7 Å². The number of benzene rings is 2. The van der Waals surface area contributed by atoms with Crippen LogP contribution in [-0.4, -0.2) is 24.8 Å². The number of sulfonamides is 1. The molecule has 0 saturated heterocycles. The van der Waals surface area contributed by atoms with Crippen LogP contribution in [0, 0.1) is 17.0 Å². The Bertz CT molecular complexity index is 1050. The second-order valence-electron chi connectivity index (χ2n) is 7.21. The Morgan fingerprint density at radius 1 is 1.14 bits per heavy atom. The molecule has 2 aromatic carbocycles. The van der Waals surface area contributed by atoms with E-state index in [1.54, 1.807) is 27.7 Å². The molecular formula is C18H20ClN3O5S. The molecule has 10 heteroatoms. The van der Waals surface area contributed by atoms with Crippen molar-refractivity contribution in [3.8, 4) is 0 Å². The van der Waals surface area contributed by atoms with Crippen LogP contribution in [0.2, 0.25) is 5.02 Å². The van der Waals surface area contributed by atoms with Gasteiger partial charge in [0.2, 0.25) is 10.0 Å². The molecule has 0 heterocycles. The van der Waals surface area contributed by atoms with Crippen LogP contribution < -0.4 is 10.0 Å². The van der Waals surface area contributed by atoms with Crippen molar-refractivity contribution in [2.75, 3.05) is 5.32 Å². The molecule has 0 aliphatic heterocycles. The highest BCUT2D eigenvalue weighted by Gasteiger charge is 2.25. The number of nitrogens with zero attached hydrogens (tertiary/aromatic N) is 1. The number of hydrogen-bond donors (Lipinski definition) is 2. The van der Waals surface area contributed by atoms with Gasteiger partial charge < -0.3 is 5.32 Å². The molecule has 0 radical (unpaired) electrons. The maximum Gasteiger partial charge on any atom is 0.271 e. The van der Waals surface area contributed by atoms with Crippen LogP contribution in [0.4, 0.5) is 11.4 Å². The maximum atomic E-state index is 12.6. The lowest BCUT2D eigenvalue weighted by Crippen LogP contribution is -2.40. The molecule has 0 atom stereocenters. The van der Waals surface area contributed by atoms with E-state index in [-0.39, 0.29) is 26.9 Å². The van der Waals surface area contributed by atoms with Gasteiger partial charge in [0.25, 0.3) is 11.6 Å². The molecule has 1 amide bonds. The third-order valence-electron chi connectivity index (χ3n) is 3.60. The molecule has 0 spiro atoms. The van der Waals surface area contributed by atoms with Gasteiger partial charge in [-0.25, -0.2) is 13.1 Å². The van der Waals surface area contributed by atoms with E-state index < -0.39 is 26.4 Å². The number of halogens is 1. The summed E-state index contributed by atoms with van der Waals surface area (Å²) in [6, 6.07) is 7.93. The molecule has 0 bridgehead atoms. The van der Waals surface area contributed by atoms with Gasteiger partial charge in [0.1, 0.15) is 4.90 Å². The highest BCUT2D eigenvalue weighted by molar-refractivity contribution is 7.89. The van der Waals surface area contributed by atoms with Crippen molar-refractivity contribution in [1.82, 2.24) is 4.72 Å². The quantitative estimate of drug-likeness (QED) is 0.556. The average molecular weight is 426 g/mol. The number of nitro benzene ring substituents is 1. The monoisotopic (exact) mass is 425 g/mol. The molecular weight excluding hydrogens is 406 g/mol. The van der Waals surface area contributed by atoms with Crippen LogP contribution >= 0.6 is 11.6 Å². The highest BCUT2D eigenvalue weighted by Crippen LogP contribution is 2.26. The minimum Gasteiger partial charge on any atom is -0.321 e. The Hall–Kier alpha value is -2.49. The van der Waals surface area contributed by atoms with Gasteiger partial charge in [-0.3, -0.25) is 14.9 Å². The minimum absolute atomic E-state index is 0.0279. The molecule has 0 fully saturated rings. The van der Waals surface area contributed by atoms with E-state index in [1.165, 1.54) is 36.4 Å². The summed E-state index contributed by atoms with van der Waals surface area (Å²) in [5.74, 6) is -0.618. The Kier molecular flexibility index (Phi) is 6.12. The van der Waals surface area contributed by atoms with Crippen molar-refractivity contribution in [3.63, 3.8) is 0 Å². The van der Waals surface area contributed by atoms with Crippen LogP contribution in [0.3, 0.4) is 0 Å². The first-order valence-electron chi connectivity index (χ1n) is 8.20. The number of rotatable bonds is 5. The van der Waals surface area contributed by atoms with E-state index in [0.717, 1.165) is 0 Å². The zero-order chi connectivity index (χ0) is 21.3. The van der Waals surface area contributed by atoms with E-state index in [9.17, 15) is 23.3 Å². The van der Waals surface area contributed by atoms with Gasteiger partial charge >= 0.3 is 0 Å². The van der Waals surface area contributed by atoms with Gasteiger partial charge in [0.05, 0.1) is 15.6 Å². The first-order chi connectivity index (χ1) is 12.8. The van der Waals surface area contributed by atoms with Crippen molar-refractivity contribution in [2.45, 2.75) is 38.1 Å². The van der Waals surface area contributed by atoms with Gasteiger partial charge in [0, 0.05) is 23.2 Å². The Labute approximate surface area is 168 Å². The molecule has 0 unspecified atom stereocenters. The molecule has 2 aromatic rings. The van der Waals surface area contributed by atoms with Crippen molar-refractivity contribution < 1.29 is 18.1 Å². The van der Waals surface area contributed by atoms with Gasteiger partial charge in [-0.05, 0) is 51.5 Å². The summed E-state index contributed by atoms with van der Waals surface area (Å²) in [6.45, 7) is 6.73. The number of aryl methyl sites for hydroxylation is 1. The van der Waals surface area contributed by atoms with Gasteiger partial charge in [-0.1, -0.05) is 17.7 Å². The summed E-state index contributed by atoms with van der Waals surface area (Å²) < 4.78 is 27.6. The van der Waals surface area contributed by atoms with Crippen molar-refractivity contribution >= 4 is 38.9 Å². The zero-order valence-electron chi connectivity index (χ0n) is 15.7. The SMILES string of the molecule is Cc1ccc([N+](=O)[O-])cc1NC(=O)c1ccc(Cl)c(S(=O)(=O)NC(C)(C)C)c1. The van der Waals surface area contributed by atoms with E-state index in [0.29, 0.717) is 5.56 Å². The smallest absolute Gasteiger partial charge is 0.271 e. The average Bonchev–Trinajstić information content (AvgIpc) is 2.54. The predicted octanol–water partition coefficient (Wildman–Crippen LogP) is 3.89. The Morgan fingerprint density at radius 2 is 1.79 bits per heavy atom. The zero-order valence-corrected chi connectivity index (χ0v) is 17.3. The van der Waals surface area contributed by atoms with E-state index in [4.69, 9.17) is 11.6 Å². The first-order valence-corrected chi connectivity index (χ1v) is 10.1. The Morgan fingerprint density at radius 3 is 2.36 bits per heavy atom. The van der Waals surface area contributed by atoms with Crippen molar-refractivity contribution in [2.24, 2.45) is 0 Å². The molecule has 2 N–H and O–H groups in total. The largest absolute Gasteiger partial charge is 0.321 e. The Balaban J connectivity index is 2.38. The molecule has 0 aromatic heterocycles. The van der Waals surface area contributed by atoms with Crippen LogP contribution in [0.15, 0.2) is 41.3 Å². The number of carbonyl (C=O) groups is 1. The summed E-state index contributed by atoms with van der Waals surface area (Å²) >= 11 is 6.03. The highest BCUT2D eigenvalue weighted by atomic mass is 35.5.